The fourth-order valence-corrected chi connectivity index (χ4v) is 0.703. The first-order valence-electron chi connectivity index (χ1n) is 4.68. The van der Waals surface area contributed by atoms with Gasteiger partial charge in [-0.15, -0.1) is 0 Å². The second kappa shape index (κ2) is 13.5. The first-order valence-corrected chi connectivity index (χ1v) is 4.68. The van der Waals surface area contributed by atoms with E-state index in [4.69, 9.17) is 20.4 Å². The monoisotopic (exact) mass is 326 g/mol. The molecule has 0 radical (unpaired) electrons. The van der Waals surface area contributed by atoms with E-state index in [1.807, 2.05) is 0 Å². The van der Waals surface area contributed by atoms with E-state index in [9.17, 15) is 29.4 Å². The van der Waals surface area contributed by atoms with Gasteiger partial charge < -0.3 is 40.2 Å². The number of rotatable bonds is 6. The molecule has 0 aromatic rings. The average molecular weight is 326 g/mol. The SMILES string of the molecule is CC(O)C(=O)[O-].O=C([O-])CC(O)(CC(=O)O)C(=O)O.[Na+].[Na+]. The van der Waals surface area contributed by atoms with Gasteiger partial charge in [-0.05, 0) is 6.92 Å². The molecular formula is C9H12Na2O10. The molecule has 0 heterocycles. The van der Waals surface area contributed by atoms with E-state index in [1.165, 1.54) is 0 Å². The minimum Gasteiger partial charge on any atom is -0.550 e. The van der Waals surface area contributed by atoms with Gasteiger partial charge in [0, 0.05) is 12.4 Å². The molecule has 0 aromatic carbocycles. The Bertz CT molecular complexity index is 352. The molecule has 0 fully saturated rings. The summed E-state index contributed by atoms with van der Waals surface area (Å²) in [5.74, 6) is -6.77. The summed E-state index contributed by atoms with van der Waals surface area (Å²) in [4.78, 5) is 39.7. The minimum atomic E-state index is -2.80. The van der Waals surface area contributed by atoms with Crippen LogP contribution in [0.2, 0.25) is 0 Å². The molecule has 0 spiro atoms. The number of hydrogen-bond donors (Lipinski definition) is 4. The van der Waals surface area contributed by atoms with E-state index >= 15 is 0 Å². The molecule has 12 heteroatoms. The molecule has 0 amide bonds. The summed E-state index contributed by atoms with van der Waals surface area (Å²) in [6, 6.07) is 0. The molecule has 0 rings (SSSR count). The van der Waals surface area contributed by atoms with Crippen LogP contribution in [-0.4, -0.2) is 56.0 Å². The number of carbonyl (C=O) groups is 4. The van der Waals surface area contributed by atoms with Crippen LogP contribution in [0.3, 0.4) is 0 Å². The molecule has 0 aromatic heterocycles. The third kappa shape index (κ3) is 16.0. The average Bonchev–Trinajstić information content (AvgIpc) is 2.14. The Balaban J connectivity index is -0.000000156. The summed E-state index contributed by atoms with van der Waals surface area (Å²) in [5, 5.41) is 52.8. The van der Waals surface area contributed by atoms with Gasteiger partial charge in [-0.1, -0.05) is 0 Å². The van der Waals surface area contributed by atoms with Gasteiger partial charge >= 0.3 is 71.1 Å². The fourth-order valence-electron chi connectivity index (χ4n) is 0.703. The molecule has 110 valence electrons. The molecule has 0 aliphatic carbocycles. The maximum Gasteiger partial charge on any atom is 1.00 e. The van der Waals surface area contributed by atoms with Gasteiger partial charge in [-0.25, -0.2) is 4.79 Å². The molecule has 0 aliphatic rings. The number of carboxylic acid groups (broad SMARTS) is 4. The van der Waals surface area contributed by atoms with Crippen LogP contribution in [0.5, 0.6) is 0 Å². The third-order valence-corrected chi connectivity index (χ3v) is 1.62. The van der Waals surface area contributed by atoms with Crippen molar-refractivity contribution in [3.63, 3.8) is 0 Å². The Hall–Kier alpha value is -0.200. The van der Waals surface area contributed by atoms with Crippen molar-refractivity contribution in [2.24, 2.45) is 0 Å². The quantitative estimate of drug-likeness (QED) is 0.340. The summed E-state index contributed by atoms with van der Waals surface area (Å²) in [5.41, 5.74) is -2.80. The zero-order valence-corrected chi connectivity index (χ0v) is 15.7. The summed E-state index contributed by atoms with van der Waals surface area (Å²) >= 11 is 0. The van der Waals surface area contributed by atoms with Crippen molar-refractivity contribution in [1.29, 1.82) is 0 Å². The third-order valence-electron chi connectivity index (χ3n) is 1.62. The van der Waals surface area contributed by atoms with Gasteiger partial charge in [0.05, 0.1) is 18.5 Å². The zero-order chi connectivity index (χ0) is 15.8. The van der Waals surface area contributed by atoms with Crippen molar-refractivity contribution in [2.75, 3.05) is 0 Å². The van der Waals surface area contributed by atoms with Crippen LogP contribution >= 0.6 is 0 Å². The number of aliphatic carboxylic acids is 4. The Kier molecular flexibility index (Phi) is 18.5. The van der Waals surface area contributed by atoms with E-state index in [-0.39, 0.29) is 59.1 Å². The first kappa shape index (κ1) is 28.9. The van der Waals surface area contributed by atoms with Crippen LogP contribution in [0.25, 0.3) is 0 Å². The second-order valence-corrected chi connectivity index (χ2v) is 3.45. The normalized spacial score (nSPS) is 12.9. The fraction of sp³-hybridized carbons (Fsp3) is 0.556. The van der Waals surface area contributed by atoms with Crippen molar-refractivity contribution >= 4 is 23.9 Å². The Morgan fingerprint density at radius 1 is 1.05 bits per heavy atom. The van der Waals surface area contributed by atoms with Crippen molar-refractivity contribution in [2.45, 2.75) is 31.5 Å². The maximum atomic E-state index is 10.3. The molecule has 0 bridgehead atoms. The van der Waals surface area contributed by atoms with Crippen LogP contribution in [-0.2, 0) is 19.2 Å². The number of aliphatic hydroxyl groups is 2. The van der Waals surface area contributed by atoms with Crippen LogP contribution in [0.1, 0.15) is 19.8 Å². The molecule has 0 aliphatic heterocycles. The summed E-state index contributed by atoms with van der Waals surface area (Å²) in [6.45, 7) is 1.13. The van der Waals surface area contributed by atoms with Crippen LogP contribution in [0.15, 0.2) is 0 Å². The molecular weight excluding hydrogens is 314 g/mol. The van der Waals surface area contributed by atoms with E-state index in [1.54, 1.807) is 0 Å². The van der Waals surface area contributed by atoms with E-state index in [0.29, 0.717) is 0 Å². The van der Waals surface area contributed by atoms with E-state index in [0.717, 1.165) is 6.92 Å². The van der Waals surface area contributed by atoms with Gasteiger partial charge in [0.25, 0.3) is 0 Å². The van der Waals surface area contributed by atoms with Crippen molar-refractivity contribution < 1.29 is 109 Å². The van der Waals surface area contributed by atoms with Crippen molar-refractivity contribution in [3.05, 3.63) is 0 Å². The molecule has 0 saturated heterocycles. The standard InChI is InChI=1S/C6H8O7.C3H6O3.2Na/c7-3(8)1-6(13,5(11)12)2-4(9)10;1-2(4)3(5)6;;/h13H,1-2H2,(H,7,8)(H,9,10)(H,11,12);2,4H,1H3,(H,5,6);;/q;;2*+1/p-2. The summed E-state index contributed by atoms with van der Waals surface area (Å²) in [7, 11) is 0. The zero-order valence-electron chi connectivity index (χ0n) is 11.7. The molecule has 2 unspecified atom stereocenters. The largest absolute Gasteiger partial charge is 1.00 e. The molecule has 10 nitrogen and oxygen atoms in total. The predicted octanol–water partition coefficient (Wildman–Crippen LogP) is -10.5. The Morgan fingerprint density at radius 2 is 1.38 bits per heavy atom. The van der Waals surface area contributed by atoms with Gasteiger partial charge in [0.1, 0.15) is 0 Å². The van der Waals surface area contributed by atoms with Gasteiger partial charge in [-0.3, -0.25) is 4.79 Å². The van der Waals surface area contributed by atoms with E-state index in [2.05, 4.69) is 0 Å². The summed E-state index contributed by atoms with van der Waals surface area (Å²) in [6.07, 6.45) is -3.78. The first-order chi connectivity index (χ1) is 8.42. The molecule has 21 heavy (non-hydrogen) atoms. The second-order valence-electron chi connectivity index (χ2n) is 3.45. The van der Waals surface area contributed by atoms with Gasteiger partial charge in [0.2, 0.25) is 0 Å². The van der Waals surface area contributed by atoms with Gasteiger partial charge in [0.15, 0.2) is 5.60 Å². The Labute approximate surface area is 163 Å². The molecule has 2 atom stereocenters. The van der Waals surface area contributed by atoms with Crippen LogP contribution in [0, 0.1) is 0 Å². The number of hydrogen-bond acceptors (Lipinski definition) is 8. The summed E-state index contributed by atoms with van der Waals surface area (Å²) < 4.78 is 0. The number of carbonyl (C=O) groups excluding carboxylic acids is 2. The number of carboxylic acids is 4. The predicted molar refractivity (Wildman–Crippen MR) is 51.2 cm³/mol. The minimum absolute atomic E-state index is 0. The Morgan fingerprint density at radius 3 is 1.52 bits per heavy atom. The maximum absolute atomic E-state index is 10.3. The van der Waals surface area contributed by atoms with Crippen LogP contribution < -0.4 is 69.3 Å². The smallest absolute Gasteiger partial charge is 0.550 e. The van der Waals surface area contributed by atoms with E-state index < -0.39 is 48.4 Å². The van der Waals surface area contributed by atoms with Crippen molar-refractivity contribution in [1.82, 2.24) is 0 Å². The molecule has 4 N–H and O–H groups in total. The van der Waals surface area contributed by atoms with Gasteiger partial charge in [-0.2, -0.15) is 0 Å². The molecule has 0 saturated carbocycles. The topological polar surface area (TPSA) is 195 Å². The van der Waals surface area contributed by atoms with Crippen molar-refractivity contribution in [3.8, 4) is 0 Å². The van der Waals surface area contributed by atoms with Crippen LogP contribution in [0.4, 0.5) is 0 Å². The number of aliphatic hydroxyl groups excluding tert-OH is 1.